The predicted octanol–water partition coefficient (Wildman–Crippen LogP) is 0.446. The van der Waals surface area contributed by atoms with Gasteiger partial charge in [-0.1, -0.05) is 0 Å². The largest absolute Gasteiger partial charge is 0.401 e. The number of hydrogen-bond donors (Lipinski definition) is 2. The molecule has 1 aliphatic rings. The van der Waals surface area contributed by atoms with Crippen molar-refractivity contribution in [2.75, 3.05) is 43.0 Å². The van der Waals surface area contributed by atoms with Crippen molar-refractivity contribution >= 4 is 11.6 Å². The molecule has 1 aliphatic heterocycles. The van der Waals surface area contributed by atoms with Gasteiger partial charge in [-0.3, -0.25) is 4.90 Å². The van der Waals surface area contributed by atoms with Crippen LogP contribution in [0.1, 0.15) is 0 Å². The summed E-state index contributed by atoms with van der Waals surface area (Å²) in [5.74, 6) is 6.38. The molecule has 3 N–H and O–H groups in total. The molecule has 2 heterocycles. The number of anilines is 2. The highest BCUT2D eigenvalue weighted by Gasteiger charge is 2.32. The van der Waals surface area contributed by atoms with Crippen LogP contribution in [0.2, 0.25) is 0 Å². The van der Waals surface area contributed by atoms with Gasteiger partial charge in [-0.2, -0.15) is 13.2 Å². The Labute approximate surface area is 108 Å². The molecule has 6 nitrogen and oxygen atoms in total. The Morgan fingerprint density at radius 3 is 2.47 bits per heavy atom. The van der Waals surface area contributed by atoms with E-state index in [0.29, 0.717) is 37.8 Å². The molecule has 0 saturated carbocycles. The van der Waals surface area contributed by atoms with Crippen molar-refractivity contribution in [1.29, 1.82) is 0 Å². The molecule has 0 radical (unpaired) electrons. The number of hydrogen-bond acceptors (Lipinski definition) is 6. The fourth-order valence-electron chi connectivity index (χ4n) is 1.99. The minimum Gasteiger partial charge on any atom is -0.354 e. The van der Waals surface area contributed by atoms with Gasteiger partial charge in [0.25, 0.3) is 0 Å². The average molecular weight is 276 g/mol. The number of piperazine rings is 1. The first-order valence-electron chi connectivity index (χ1n) is 5.80. The maximum absolute atomic E-state index is 12.3. The maximum atomic E-state index is 12.3. The van der Waals surface area contributed by atoms with Crippen LogP contribution in [0.4, 0.5) is 24.8 Å². The third kappa shape index (κ3) is 3.93. The molecule has 9 heteroatoms. The van der Waals surface area contributed by atoms with Crippen LogP contribution in [-0.4, -0.2) is 53.8 Å². The summed E-state index contributed by atoms with van der Waals surface area (Å²) in [6.07, 6.45) is -2.78. The van der Waals surface area contributed by atoms with Crippen LogP contribution in [-0.2, 0) is 0 Å². The van der Waals surface area contributed by atoms with Gasteiger partial charge in [-0.05, 0) is 0 Å². The lowest BCUT2D eigenvalue weighted by Gasteiger charge is -2.35. The summed E-state index contributed by atoms with van der Waals surface area (Å²) in [7, 11) is 0. The van der Waals surface area contributed by atoms with Gasteiger partial charge in [0.1, 0.15) is 18.0 Å². The summed E-state index contributed by atoms with van der Waals surface area (Å²) in [5.41, 5.74) is 2.41. The quantitative estimate of drug-likeness (QED) is 0.617. The first kappa shape index (κ1) is 13.8. The number of nitrogens with one attached hydrogen (secondary N) is 1. The molecular weight excluding hydrogens is 261 g/mol. The normalized spacial score (nSPS) is 17.6. The van der Waals surface area contributed by atoms with Crippen LogP contribution in [0.15, 0.2) is 12.4 Å². The Hall–Kier alpha value is -1.61. The van der Waals surface area contributed by atoms with Gasteiger partial charge >= 0.3 is 6.18 Å². The molecule has 1 saturated heterocycles. The van der Waals surface area contributed by atoms with E-state index >= 15 is 0 Å². The zero-order valence-electron chi connectivity index (χ0n) is 10.2. The van der Waals surface area contributed by atoms with E-state index in [2.05, 4.69) is 15.4 Å². The van der Waals surface area contributed by atoms with Gasteiger partial charge in [0.05, 0.1) is 6.54 Å². The minimum atomic E-state index is -4.15. The molecule has 0 aliphatic carbocycles. The Balaban J connectivity index is 1.92. The lowest BCUT2D eigenvalue weighted by molar-refractivity contribution is -0.146. The molecule has 0 bridgehead atoms. The number of halogens is 3. The van der Waals surface area contributed by atoms with E-state index in [-0.39, 0.29) is 0 Å². The predicted molar refractivity (Wildman–Crippen MR) is 64.6 cm³/mol. The molecule has 106 valence electrons. The highest BCUT2D eigenvalue weighted by Crippen LogP contribution is 2.19. The van der Waals surface area contributed by atoms with Gasteiger partial charge < -0.3 is 10.3 Å². The van der Waals surface area contributed by atoms with Crippen molar-refractivity contribution in [1.82, 2.24) is 14.9 Å². The Bertz CT molecular complexity index is 416. The van der Waals surface area contributed by atoms with Crippen LogP contribution in [0.5, 0.6) is 0 Å². The zero-order valence-corrected chi connectivity index (χ0v) is 10.2. The lowest BCUT2D eigenvalue weighted by atomic mass is 10.3. The van der Waals surface area contributed by atoms with Gasteiger partial charge in [0.15, 0.2) is 0 Å². The molecule has 19 heavy (non-hydrogen) atoms. The van der Waals surface area contributed by atoms with Crippen LogP contribution in [0.25, 0.3) is 0 Å². The molecule has 1 fully saturated rings. The standard InChI is InChI=1S/C10H15F3N6/c11-10(12,13)6-18-1-3-19(4-2-18)9-5-8(17-14)15-7-16-9/h5,7H,1-4,6,14H2,(H,15,16,17). The number of rotatable bonds is 3. The molecule has 0 unspecified atom stereocenters. The second-order valence-corrected chi connectivity index (χ2v) is 4.28. The maximum Gasteiger partial charge on any atom is 0.401 e. The molecule has 0 atom stereocenters. The third-order valence-corrected chi connectivity index (χ3v) is 2.90. The zero-order chi connectivity index (χ0) is 13.9. The van der Waals surface area contributed by atoms with E-state index in [0.717, 1.165) is 0 Å². The highest BCUT2D eigenvalue weighted by atomic mass is 19.4. The summed E-state index contributed by atoms with van der Waals surface area (Å²) in [5, 5.41) is 0. The topological polar surface area (TPSA) is 70.3 Å². The van der Waals surface area contributed by atoms with Crippen molar-refractivity contribution < 1.29 is 13.2 Å². The van der Waals surface area contributed by atoms with Crippen molar-refractivity contribution in [3.05, 3.63) is 12.4 Å². The van der Waals surface area contributed by atoms with Crippen LogP contribution in [0.3, 0.4) is 0 Å². The van der Waals surface area contributed by atoms with Crippen LogP contribution >= 0.6 is 0 Å². The molecule has 2 rings (SSSR count). The molecule has 1 aromatic rings. The van der Waals surface area contributed by atoms with E-state index < -0.39 is 12.7 Å². The van der Waals surface area contributed by atoms with Gasteiger partial charge in [0.2, 0.25) is 0 Å². The molecule has 0 amide bonds. The smallest absolute Gasteiger partial charge is 0.354 e. The number of alkyl halides is 3. The Kier molecular flexibility index (Phi) is 4.05. The molecule has 0 aromatic carbocycles. The molecular formula is C10H15F3N6. The van der Waals surface area contributed by atoms with E-state index in [4.69, 9.17) is 5.84 Å². The van der Waals surface area contributed by atoms with E-state index in [9.17, 15) is 13.2 Å². The summed E-state index contributed by atoms with van der Waals surface area (Å²) >= 11 is 0. The Morgan fingerprint density at radius 2 is 1.89 bits per heavy atom. The van der Waals surface area contributed by atoms with Crippen molar-refractivity contribution in [2.24, 2.45) is 5.84 Å². The SMILES string of the molecule is NNc1cc(N2CCN(CC(F)(F)F)CC2)ncn1. The number of hydrazine groups is 1. The first-order valence-corrected chi connectivity index (χ1v) is 5.80. The average Bonchev–Trinajstić information content (AvgIpc) is 2.38. The van der Waals surface area contributed by atoms with Gasteiger partial charge in [-0.15, -0.1) is 0 Å². The summed E-state index contributed by atoms with van der Waals surface area (Å²) < 4.78 is 36.8. The van der Waals surface area contributed by atoms with Crippen molar-refractivity contribution in [3.8, 4) is 0 Å². The van der Waals surface area contributed by atoms with E-state index in [1.54, 1.807) is 6.07 Å². The molecule has 1 aromatic heterocycles. The van der Waals surface area contributed by atoms with Crippen LogP contribution < -0.4 is 16.2 Å². The fraction of sp³-hybridized carbons (Fsp3) is 0.600. The fourth-order valence-corrected chi connectivity index (χ4v) is 1.99. The number of nitrogens with zero attached hydrogens (tertiary/aromatic N) is 4. The summed E-state index contributed by atoms with van der Waals surface area (Å²) in [4.78, 5) is 11.3. The lowest BCUT2D eigenvalue weighted by Crippen LogP contribution is -2.49. The second-order valence-electron chi connectivity index (χ2n) is 4.28. The summed E-state index contributed by atoms with van der Waals surface area (Å²) in [6, 6.07) is 1.67. The monoisotopic (exact) mass is 276 g/mol. The second kappa shape index (κ2) is 5.57. The van der Waals surface area contributed by atoms with Gasteiger partial charge in [-0.25, -0.2) is 15.8 Å². The highest BCUT2D eigenvalue weighted by molar-refractivity contribution is 5.48. The third-order valence-electron chi connectivity index (χ3n) is 2.90. The first-order chi connectivity index (χ1) is 8.98. The van der Waals surface area contributed by atoms with E-state index in [1.165, 1.54) is 11.2 Å². The Morgan fingerprint density at radius 1 is 1.21 bits per heavy atom. The number of nitrogens with two attached hydrogens (primary N) is 1. The van der Waals surface area contributed by atoms with Crippen molar-refractivity contribution in [3.63, 3.8) is 0 Å². The number of aromatic nitrogens is 2. The minimum absolute atomic E-state index is 0.356. The van der Waals surface area contributed by atoms with Crippen LogP contribution in [0, 0.1) is 0 Å². The van der Waals surface area contributed by atoms with Crippen molar-refractivity contribution in [2.45, 2.75) is 6.18 Å². The number of nitrogen functional groups attached to an aromatic ring is 1. The molecule has 0 spiro atoms. The van der Waals surface area contributed by atoms with Gasteiger partial charge in [0, 0.05) is 32.2 Å². The summed E-state index contributed by atoms with van der Waals surface area (Å²) in [6.45, 7) is 0.845. The van der Waals surface area contributed by atoms with E-state index in [1.807, 2.05) is 4.90 Å².